The molecule has 1 rings (SSSR count). The maximum atomic E-state index is 11.9. The Morgan fingerprint density at radius 2 is 2.00 bits per heavy atom. The van der Waals surface area contributed by atoms with Crippen LogP contribution in [0.5, 0.6) is 0 Å². The van der Waals surface area contributed by atoms with Gasteiger partial charge in [0, 0.05) is 5.70 Å². The molecular formula is C7H8F3NO2S. The summed E-state index contributed by atoms with van der Waals surface area (Å²) in [7, 11) is -5.25. The second-order valence-corrected chi connectivity index (χ2v) is 4.38. The zero-order valence-corrected chi connectivity index (χ0v) is 7.82. The van der Waals surface area contributed by atoms with Crippen molar-refractivity contribution in [3.63, 3.8) is 0 Å². The van der Waals surface area contributed by atoms with E-state index in [1.807, 2.05) is 0 Å². The van der Waals surface area contributed by atoms with Gasteiger partial charge < -0.3 is 0 Å². The summed E-state index contributed by atoms with van der Waals surface area (Å²) in [5.41, 5.74) is -5.19. The minimum atomic E-state index is -5.25. The van der Waals surface area contributed by atoms with Crippen molar-refractivity contribution in [2.45, 2.75) is 18.3 Å². The molecule has 0 aromatic carbocycles. The van der Waals surface area contributed by atoms with Gasteiger partial charge in [-0.05, 0) is 18.9 Å². The molecule has 0 bridgehead atoms. The molecule has 1 aliphatic carbocycles. The quantitative estimate of drug-likeness (QED) is 0.779. The topological polar surface area (TPSA) is 46.2 Å². The zero-order chi connectivity index (χ0) is 10.8. The summed E-state index contributed by atoms with van der Waals surface area (Å²) >= 11 is 0. The van der Waals surface area contributed by atoms with Crippen LogP contribution in [-0.4, -0.2) is 13.9 Å². The van der Waals surface area contributed by atoms with Crippen LogP contribution in [0.3, 0.4) is 0 Å². The van der Waals surface area contributed by atoms with Gasteiger partial charge in [-0.15, -0.1) is 0 Å². The SMILES string of the molecule is O=S(=O)(NC1=CC=CCC1)C(F)(F)F. The summed E-state index contributed by atoms with van der Waals surface area (Å²) < 4.78 is 58.4. The van der Waals surface area contributed by atoms with Crippen LogP contribution in [0.4, 0.5) is 13.2 Å². The number of alkyl halides is 3. The van der Waals surface area contributed by atoms with Crippen LogP contribution in [0, 0.1) is 0 Å². The fraction of sp³-hybridized carbons (Fsp3) is 0.429. The molecule has 80 valence electrons. The molecule has 0 saturated heterocycles. The highest BCUT2D eigenvalue weighted by atomic mass is 32.2. The van der Waals surface area contributed by atoms with Gasteiger partial charge in [0.25, 0.3) is 0 Å². The summed E-state index contributed by atoms with van der Waals surface area (Å²) in [6, 6.07) is 0. The summed E-state index contributed by atoms with van der Waals surface area (Å²) in [5, 5.41) is 0. The van der Waals surface area contributed by atoms with Crippen molar-refractivity contribution in [1.29, 1.82) is 0 Å². The molecule has 7 heteroatoms. The van der Waals surface area contributed by atoms with E-state index in [0.717, 1.165) is 0 Å². The van der Waals surface area contributed by atoms with Gasteiger partial charge in [-0.25, -0.2) is 0 Å². The van der Waals surface area contributed by atoms with Gasteiger partial charge in [0.1, 0.15) is 0 Å². The van der Waals surface area contributed by atoms with Crippen LogP contribution in [0.25, 0.3) is 0 Å². The van der Waals surface area contributed by atoms with Crippen molar-refractivity contribution in [1.82, 2.24) is 4.72 Å². The Bertz CT molecular complexity index is 367. The molecule has 3 nitrogen and oxygen atoms in total. The number of halogens is 3. The van der Waals surface area contributed by atoms with Crippen LogP contribution in [-0.2, 0) is 10.0 Å². The molecule has 0 fully saturated rings. The first kappa shape index (κ1) is 11.1. The predicted octanol–water partition coefficient (Wildman–Crippen LogP) is 1.66. The zero-order valence-electron chi connectivity index (χ0n) is 7.00. The lowest BCUT2D eigenvalue weighted by Crippen LogP contribution is -2.36. The lowest BCUT2D eigenvalue weighted by Gasteiger charge is -2.14. The van der Waals surface area contributed by atoms with Gasteiger partial charge in [-0.1, -0.05) is 12.2 Å². The van der Waals surface area contributed by atoms with E-state index in [9.17, 15) is 21.6 Å². The van der Waals surface area contributed by atoms with E-state index < -0.39 is 15.5 Å². The van der Waals surface area contributed by atoms with Crippen molar-refractivity contribution in [3.8, 4) is 0 Å². The monoisotopic (exact) mass is 227 g/mol. The largest absolute Gasteiger partial charge is 0.516 e. The molecule has 0 amide bonds. The van der Waals surface area contributed by atoms with Gasteiger partial charge in [0.15, 0.2) is 0 Å². The average molecular weight is 227 g/mol. The predicted molar refractivity (Wildman–Crippen MR) is 44.6 cm³/mol. The first-order valence-electron chi connectivity index (χ1n) is 3.78. The average Bonchev–Trinajstić information content (AvgIpc) is 2.03. The molecule has 0 heterocycles. The van der Waals surface area contributed by atoms with Crippen molar-refractivity contribution < 1.29 is 21.6 Å². The van der Waals surface area contributed by atoms with E-state index in [1.54, 1.807) is 6.08 Å². The Labute approximate surface area is 79.4 Å². The Balaban J connectivity index is 2.79. The highest BCUT2D eigenvalue weighted by molar-refractivity contribution is 7.90. The molecule has 1 aliphatic rings. The Kier molecular flexibility index (Phi) is 2.89. The van der Waals surface area contributed by atoms with Crippen molar-refractivity contribution >= 4 is 10.0 Å². The second-order valence-electron chi connectivity index (χ2n) is 2.71. The molecule has 0 atom stereocenters. The lowest BCUT2D eigenvalue weighted by molar-refractivity contribution is -0.0445. The van der Waals surface area contributed by atoms with Crippen molar-refractivity contribution in [3.05, 3.63) is 23.9 Å². The van der Waals surface area contributed by atoms with Crippen molar-refractivity contribution in [2.75, 3.05) is 0 Å². The molecule has 0 aromatic heterocycles. The molecule has 0 aliphatic heterocycles. The van der Waals surface area contributed by atoms with E-state index >= 15 is 0 Å². The van der Waals surface area contributed by atoms with E-state index in [0.29, 0.717) is 6.42 Å². The van der Waals surface area contributed by atoms with Crippen LogP contribution in [0.15, 0.2) is 23.9 Å². The summed E-state index contributed by atoms with van der Waals surface area (Å²) in [6.07, 6.45) is 5.37. The molecule has 0 saturated carbocycles. The van der Waals surface area contributed by atoms with E-state index in [1.165, 1.54) is 16.9 Å². The standard InChI is InChI=1S/C7H8F3NO2S/c8-7(9,10)14(12,13)11-6-4-2-1-3-5-6/h1-2,4,11H,3,5H2. The third-order valence-corrected chi connectivity index (χ3v) is 2.72. The third kappa shape index (κ3) is 2.50. The van der Waals surface area contributed by atoms with Crippen molar-refractivity contribution in [2.24, 2.45) is 0 Å². The Hall–Kier alpha value is -0.980. The first-order chi connectivity index (χ1) is 6.33. The summed E-state index contributed by atoms with van der Waals surface area (Å²) in [4.78, 5) is 0. The van der Waals surface area contributed by atoms with E-state index in [-0.39, 0.29) is 12.1 Å². The van der Waals surface area contributed by atoms with Gasteiger partial charge in [-0.2, -0.15) is 21.6 Å². The molecule has 0 radical (unpaired) electrons. The van der Waals surface area contributed by atoms with Gasteiger partial charge in [0.2, 0.25) is 0 Å². The minimum Gasteiger partial charge on any atom is -0.280 e. The van der Waals surface area contributed by atoms with Crippen LogP contribution < -0.4 is 4.72 Å². The molecular weight excluding hydrogens is 219 g/mol. The fourth-order valence-electron chi connectivity index (χ4n) is 0.918. The smallest absolute Gasteiger partial charge is 0.280 e. The molecule has 0 unspecified atom stereocenters. The third-order valence-electron chi connectivity index (χ3n) is 1.58. The number of hydrogen-bond acceptors (Lipinski definition) is 2. The summed E-state index contributed by atoms with van der Waals surface area (Å²) in [5.74, 6) is 0. The van der Waals surface area contributed by atoms with E-state index in [2.05, 4.69) is 0 Å². The number of nitrogens with one attached hydrogen (secondary N) is 1. The number of hydrogen-bond donors (Lipinski definition) is 1. The molecule has 0 aromatic rings. The van der Waals surface area contributed by atoms with Crippen LogP contribution in [0.1, 0.15) is 12.8 Å². The molecule has 1 N–H and O–H groups in total. The Morgan fingerprint density at radius 3 is 2.43 bits per heavy atom. The normalized spacial score (nSPS) is 17.8. The minimum absolute atomic E-state index is 0.0600. The number of sulfonamides is 1. The second kappa shape index (κ2) is 3.64. The van der Waals surface area contributed by atoms with Gasteiger partial charge in [-0.3, -0.25) is 4.72 Å². The van der Waals surface area contributed by atoms with Gasteiger partial charge >= 0.3 is 15.5 Å². The van der Waals surface area contributed by atoms with Crippen LogP contribution >= 0.6 is 0 Å². The lowest BCUT2D eigenvalue weighted by atomic mass is 10.1. The maximum Gasteiger partial charge on any atom is 0.516 e. The van der Waals surface area contributed by atoms with E-state index in [4.69, 9.17) is 0 Å². The first-order valence-corrected chi connectivity index (χ1v) is 5.26. The fourth-order valence-corrected chi connectivity index (χ4v) is 1.55. The molecule has 0 spiro atoms. The summed E-state index contributed by atoms with van der Waals surface area (Å²) in [6.45, 7) is 0. The highest BCUT2D eigenvalue weighted by Crippen LogP contribution is 2.23. The van der Waals surface area contributed by atoms with Gasteiger partial charge in [0.05, 0.1) is 0 Å². The Morgan fingerprint density at radius 1 is 1.36 bits per heavy atom. The van der Waals surface area contributed by atoms with Crippen LogP contribution in [0.2, 0.25) is 0 Å². The number of allylic oxidation sites excluding steroid dienone is 4. The molecule has 14 heavy (non-hydrogen) atoms. The number of rotatable bonds is 2. The highest BCUT2D eigenvalue weighted by Gasteiger charge is 2.46. The maximum absolute atomic E-state index is 11.9.